The molecular formula is C11H15ClFN3O3. The first-order chi connectivity index (χ1) is 8.41. The molecule has 1 aromatic rings. The third-order valence-electron chi connectivity index (χ3n) is 2.25. The normalized spacial score (nSPS) is 9.89. The third kappa shape index (κ3) is 5.19. The maximum Gasteiger partial charge on any atom is 0.305 e. The molecule has 0 unspecified atom stereocenters. The molecule has 0 heterocycles. The number of likely N-dealkylation sites (N-methyl/N-ethyl adjacent to an activating group) is 1. The highest BCUT2D eigenvalue weighted by atomic mass is 35.5. The van der Waals surface area contributed by atoms with E-state index < -0.39 is 22.3 Å². The molecule has 0 saturated heterocycles. The number of amides is 1. The van der Waals surface area contributed by atoms with Crippen LogP contribution in [0, 0.1) is 15.9 Å². The molecule has 0 saturated carbocycles. The SMILES string of the molecule is CN(C)CCNC(=O)c1ccc(F)c([N+](=O)[O-])c1.Cl. The second-order valence-corrected chi connectivity index (χ2v) is 3.98. The van der Waals surface area contributed by atoms with Crippen molar-refractivity contribution in [1.82, 2.24) is 10.2 Å². The maximum atomic E-state index is 13.1. The highest BCUT2D eigenvalue weighted by Gasteiger charge is 2.17. The minimum atomic E-state index is -0.954. The predicted octanol–water partition coefficient (Wildman–Crippen LogP) is 1.45. The summed E-state index contributed by atoms with van der Waals surface area (Å²) in [5.74, 6) is -1.41. The predicted molar refractivity (Wildman–Crippen MR) is 71.2 cm³/mol. The number of hydrogen-bond donors (Lipinski definition) is 1. The summed E-state index contributed by atoms with van der Waals surface area (Å²) in [7, 11) is 3.71. The van der Waals surface area contributed by atoms with Gasteiger partial charge in [0, 0.05) is 24.7 Å². The zero-order valence-corrected chi connectivity index (χ0v) is 11.4. The highest BCUT2D eigenvalue weighted by Crippen LogP contribution is 2.18. The molecule has 19 heavy (non-hydrogen) atoms. The molecule has 1 amide bonds. The second kappa shape index (κ2) is 7.65. The van der Waals surface area contributed by atoms with Gasteiger partial charge in [-0.05, 0) is 26.2 Å². The third-order valence-corrected chi connectivity index (χ3v) is 2.25. The molecule has 0 radical (unpaired) electrons. The van der Waals surface area contributed by atoms with E-state index in [1.165, 1.54) is 6.07 Å². The summed E-state index contributed by atoms with van der Waals surface area (Å²) in [6, 6.07) is 3.06. The van der Waals surface area contributed by atoms with Gasteiger partial charge in [-0.1, -0.05) is 0 Å². The Morgan fingerprint density at radius 2 is 2.11 bits per heavy atom. The van der Waals surface area contributed by atoms with Crippen LogP contribution in [0.25, 0.3) is 0 Å². The van der Waals surface area contributed by atoms with Crippen LogP contribution in [0.3, 0.4) is 0 Å². The Hall–Kier alpha value is -1.73. The van der Waals surface area contributed by atoms with Crippen LogP contribution < -0.4 is 5.32 Å². The quantitative estimate of drug-likeness (QED) is 0.658. The number of nitrogens with one attached hydrogen (secondary N) is 1. The number of nitro groups is 1. The fourth-order valence-corrected chi connectivity index (χ4v) is 1.29. The van der Waals surface area contributed by atoms with E-state index in [1.807, 2.05) is 19.0 Å². The van der Waals surface area contributed by atoms with Gasteiger partial charge in [0.2, 0.25) is 5.82 Å². The fourth-order valence-electron chi connectivity index (χ4n) is 1.29. The van der Waals surface area contributed by atoms with Gasteiger partial charge in [-0.25, -0.2) is 0 Å². The van der Waals surface area contributed by atoms with Crippen molar-refractivity contribution in [3.63, 3.8) is 0 Å². The smallest absolute Gasteiger partial charge is 0.305 e. The number of halogens is 2. The molecule has 0 aromatic heterocycles. The van der Waals surface area contributed by atoms with E-state index in [1.54, 1.807) is 0 Å². The molecule has 6 nitrogen and oxygen atoms in total. The standard InChI is InChI=1S/C11H14FN3O3.ClH/c1-14(2)6-5-13-11(16)8-3-4-9(12)10(7-8)15(17)18;/h3-4,7H,5-6H2,1-2H3,(H,13,16);1H. The van der Waals surface area contributed by atoms with Gasteiger partial charge in [-0.15, -0.1) is 12.4 Å². The molecule has 1 N–H and O–H groups in total. The Kier molecular flexibility index (Phi) is 6.95. The lowest BCUT2D eigenvalue weighted by molar-refractivity contribution is -0.387. The number of carbonyl (C=O) groups excluding carboxylic acids is 1. The van der Waals surface area contributed by atoms with Crippen LogP contribution in [0.1, 0.15) is 10.4 Å². The zero-order chi connectivity index (χ0) is 13.7. The Labute approximate surface area is 116 Å². The van der Waals surface area contributed by atoms with Crippen molar-refractivity contribution in [2.24, 2.45) is 0 Å². The average molecular weight is 292 g/mol. The average Bonchev–Trinajstić information content (AvgIpc) is 2.28. The summed E-state index contributed by atoms with van der Waals surface area (Å²) >= 11 is 0. The van der Waals surface area contributed by atoms with E-state index in [-0.39, 0.29) is 18.0 Å². The van der Waals surface area contributed by atoms with Gasteiger partial charge in [0.25, 0.3) is 5.91 Å². The lowest BCUT2D eigenvalue weighted by Crippen LogP contribution is -2.31. The van der Waals surface area contributed by atoms with Gasteiger partial charge in [-0.2, -0.15) is 4.39 Å². The van der Waals surface area contributed by atoms with Crippen molar-refractivity contribution >= 4 is 24.0 Å². The van der Waals surface area contributed by atoms with Gasteiger partial charge < -0.3 is 10.2 Å². The molecule has 0 bridgehead atoms. The molecule has 1 aromatic carbocycles. The molecule has 8 heteroatoms. The van der Waals surface area contributed by atoms with E-state index >= 15 is 0 Å². The van der Waals surface area contributed by atoms with Crippen molar-refractivity contribution in [2.75, 3.05) is 27.2 Å². The molecule has 0 aliphatic rings. The van der Waals surface area contributed by atoms with E-state index in [0.29, 0.717) is 13.1 Å². The molecule has 1 rings (SSSR count). The molecule has 0 aliphatic heterocycles. The minimum absolute atomic E-state index is 0. The maximum absolute atomic E-state index is 13.1. The fraction of sp³-hybridized carbons (Fsp3) is 0.364. The zero-order valence-electron chi connectivity index (χ0n) is 10.6. The second-order valence-electron chi connectivity index (χ2n) is 3.98. The molecule has 0 fully saturated rings. The summed E-state index contributed by atoms with van der Waals surface area (Å²) in [5.41, 5.74) is -0.628. The van der Waals surface area contributed by atoms with Gasteiger partial charge in [0.15, 0.2) is 0 Å². The summed E-state index contributed by atoms with van der Waals surface area (Å²) in [6.07, 6.45) is 0. The van der Waals surface area contributed by atoms with Crippen LogP contribution in [0.5, 0.6) is 0 Å². The number of nitrogens with zero attached hydrogens (tertiary/aromatic N) is 2. The molecular weight excluding hydrogens is 277 g/mol. The molecule has 106 valence electrons. The number of carbonyl (C=O) groups is 1. The Balaban J connectivity index is 0.00000324. The largest absolute Gasteiger partial charge is 0.351 e. The van der Waals surface area contributed by atoms with Crippen LogP contribution in [0.2, 0.25) is 0 Å². The first-order valence-electron chi connectivity index (χ1n) is 5.28. The van der Waals surface area contributed by atoms with E-state index in [4.69, 9.17) is 0 Å². The van der Waals surface area contributed by atoms with Crippen molar-refractivity contribution in [2.45, 2.75) is 0 Å². The van der Waals surface area contributed by atoms with E-state index in [9.17, 15) is 19.3 Å². The van der Waals surface area contributed by atoms with Crippen LogP contribution >= 0.6 is 12.4 Å². The van der Waals surface area contributed by atoms with Crippen LogP contribution in [-0.2, 0) is 0 Å². The number of nitro benzene ring substituents is 1. The summed E-state index contributed by atoms with van der Waals surface area (Å²) in [4.78, 5) is 23.2. The van der Waals surface area contributed by atoms with E-state index in [0.717, 1.165) is 12.1 Å². The summed E-state index contributed by atoms with van der Waals surface area (Å²) in [6.45, 7) is 1.06. The Morgan fingerprint density at radius 1 is 1.47 bits per heavy atom. The molecule has 0 atom stereocenters. The number of hydrogen-bond acceptors (Lipinski definition) is 4. The highest BCUT2D eigenvalue weighted by molar-refractivity contribution is 5.94. The monoisotopic (exact) mass is 291 g/mol. The summed E-state index contributed by atoms with van der Waals surface area (Å²) < 4.78 is 13.1. The van der Waals surface area contributed by atoms with Gasteiger partial charge >= 0.3 is 5.69 Å². The van der Waals surface area contributed by atoms with Crippen LogP contribution in [0.15, 0.2) is 18.2 Å². The van der Waals surface area contributed by atoms with Crippen LogP contribution in [0.4, 0.5) is 10.1 Å². The van der Waals surface area contributed by atoms with Crippen molar-refractivity contribution in [3.8, 4) is 0 Å². The first-order valence-corrected chi connectivity index (χ1v) is 5.28. The minimum Gasteiger partial charge on any atom is -0.351 e. The van der Waals surface area contributed by atoms with Gasteiger partial charge in [-0.3, -0.25) is 14.9 Å². The topological polar surface area (TPSA) is 75.5 Å². The van der Waals surface area contributed by atoms with Crippen molar-refractivity contribution in [1.29, 1.82) is 0 Å². The van der Waals surface area contributed by atoms with Crippen molar-refractivity contribution < 1.29 is 14.1 Å². The van der Waals surface area contributed by atoms with Gasteiger partial charge in [0.05, 0.1) is 4.92 Å². The molecule has 0 spiro atoms. The van der Waals surface area contributed by atoms with Crippen molar-refractivity contribution in [3.05, 3.63) is 39.7 Å². The van der Waals surface area contributed by atoms with E-state index in [2.05, 4.69) is 5.32 Å². The van der Waals surface area contributed by atoms with Gasteiger partial charge in [0.1, 0.15) is 0 Å². The molecule has 0 aliphatic carbocycles. The lowest BCUT2D eigenvalue weighted by Gasteiger charge is -2.10. The number of rotatable bonds is 5. The lowest BCUT2D eigenvalue weighted by atomic mass is 10.2. The summed E-state index contributed by atoms with van der Waals surface area (Å²) in [5, 5.41) is 13.1. The Morgan fingerprint density at radius 3 is 2.63 bits per heavy atom. The Bertz CT molecular complexity index is 468. The van der Waals surface area contributed by atoms with Crippen LogP contribution in [-0.4, -0.2) is 42.9 Å². The number of benzene rings is 1. The first kappa shape index (κ1) is 17.3.